The first-order chi connectivity index (χ1) is 29.7. The number of fused-ring (bicyclic) bond motifs is 12. The summed E-state index contributed by atoms with van der Waals surface area (Å²) in [5.41, 5.74) is 7.69. The monoisotopic (exact) mass is 767 g/mol. The van der Waals surface area contributed by atoms with Gasteiger partial charge < -0.3 is 8.83 Å². The van der Waals surface area contributed by atoms with Gasteiger partial charge in [0.25, 0.3) is 0 Å². The van der Waals surface area contributed by atoms with Gasteiger partial charge in [0.05, 0.1) is 0 Å². The second kappa shape index (κ2) is 12.8. The molecule has 1 aliphatic rings. The standard InChI is InChI=1S/C55H33N3O2/c1-2-11-37-32(10-1)22-23-33-30-35(24-27-38(33)37)53-56-54(36-25-28-39-34(31-36)26-29-50-51(39)45-12-3-5-19-47(45)60-50)58-55(57-53)44-18-8-14-40-41(15-7-16-42(40)44)43-17-9-21-49-52(43)46-13-4-6-20-48(46)59-49/h1-23,25-31,35H,24H2. The predicted octanol–water partition coefficient (Wildman–Crippen LogP) is 12.9. The minimum absolute atomic E-state index is 0.0333. The van der Waals surface area contributed by atoms with Gasteiger partial charge in [-0.15, -0.1) is 0 Å². The Morgan fingerprint density at radius 2 is 1.05 bits per heavy atom. The first kappa shape index (κ1) is 33.1. The Hall–Kier alpha value is -7.89. The Balaban J connectivity index is 1.02. The van der Waals surface area contributed by atoms with Gasteiger partial charge in [0, 0.05) is 38.6 Å². The molecule has 0 saturated heterocycles. The molecule has 0 N–H and O–H groups in total. The number of benzene rings is 9. The second-order valence-electron chi connectivity index (χ2n) is 15.8. The van der Waals surface area contributed by atoms with Gasteiger partial charge in [-0.25, -0.2) is 15.0 Å². The molecule has 0 amide bonds. The van der Waals surface area contributed by atoms with Crippen molar-refractivity contribution in [3.8, 4) is 33.9 Å². The Bertz CT molecular complexity index is 3900. The van der Waals surface area contributed by atoms with Gasteiger partial charge in [-0.1, -0.05) is 152 Å². The van der Waals surface area contributed by atoms with Crippen molar-refractivity contribution in [3.63, 3.8) is 0 Å². The number of furan rings is 2. The van der Waals surface area contributed by atoms with Crippen molar-refractivity contribution in [2.45, 2.75) is 12.3 Å². The smallest absolute Gasteiger partial charge is 0.164 e. The van der Waals surface area contributed by atoms with E-state index in [-0.39, 0.29) is 5.92 Å². The molecular formula is C55H33N3O2. The molecule has 12 aromatic rings. The normalized spacial score (nSPS) is 14.0. The Kier molecular flexibility index (Phi) is 7.07. The van der Waals surface area contributed by atoms with Gasteiger partial charge in [-0.3, -0.25) is 0 Å². The van der Waals surface area contributed by atoms with Crippen LogP contribution in [0.3, 0.4) is 0 Å². The molecule has 0 fully saturated rings. The van der Waals surface area contributed by atoms with Crippen molar-refractivity contribution < 1.29 is 8.83 Å². The Morgan fingerprint density at radius 3 is 1.90 bits per heavy atom. The quantitative estimate of drug-likeness (QED) is 0.178. The van der Waals surface area contributed by atoms with Gasteiger partial charge in [0.15, 0.2) is 11.6 Å². The maximum Gasteiger partial charge on any atom is 0.164 e. The lowest BCUT2D eigenvalue weighted by atomic mass is 9.92. The molecule has 0 radical (unpaired) electrons. The molecular weight excluding hydrogens is 735 g/mol. The Labute approximate surface area is 343 Å². The van der Waals surface area contributed by atoms with E-state index in [1.165, 1.54) is 21.2 Å². The highest BCUT2D eigenvalue weighted by Crippen LogP contribution is 2.41. The van der Waals surface area contributed by atoms with Crippen LogP contribution in [0, 0.1) is 0 Å². The third-order valence-corrected chi connectivity index (χ3v) is 12.4. The van der Waals surface area contributed by atoms with Crippen LogP contribution in [0.2, 0.25) is 0 Å². The van der Waals surface area contributed by atoms with Crippen molar-refractivity contribution in [2.75, 3.05) is 0 Å². The summed E-state index contributed by atoms with van der Waals surface area (Å²) in [6.07, 6.45) is 5.48. The fourth-order valence-electron chi connectivity index (χ4n) is 9.63. The van der Waals surface area contributed by atoms with Crippen LogP contribution in [0.25, 0.3) is 122 Å². The lowest BCUT2D eigenvalue weighted by Gasteiger charge is -2.17. The zero-order valence-electron chi connectivity index (χ0n) is 32.3. The molecule has 1 unspecified atom stereocenters. The zero-order chi connectivity index (χ0) is 39.3. The van der Waals surface area contributed by atoms with Crippen LogP contribution in [0.5, 0.6) is 0 Å². The summed E-state index contributed by atoms with van der Waals surface area (Å²) in [5.74, 6) is 2.02. The molecule has 0 aliphatic heterocycles. The minimum atomic E-state index is -0.0333. The number of para-hydroxylation sites is 2. The average molecular weight is 768 g/mol. The van der Waals surface area contributed by atoms with Crippen LogP contribution in [-0.2, 0) is 0 Å². The van der Waals surface area contributed by atoms with Gasteiger partial charge in [0.2, 0.25) is 0 Å². The largest absolute Gasteiger partial charge is 0.456 e. The second-order valence-corrected chi connectivity index (χ2v) is 15.8. The number of rotatable bonds is 4. The van der Waals surface area contributed by atoms with Crippen LogP contribution < -0.4 is 10.4 Å². The Morgan fingerprint density at radius 1 is 0.417 bits per heavy atom. The fraction of sp³-hybridized carbons (Fsp3) is 0.0364. The summed E-state index contributed by atoms with van der Waals surface area (Å²) in [6.45, 7) is 0. The summed E-state index contributed by atoms with van der Waals surface area (Å²) < 4.78 is 12.5. The van der Waals surface area contributed by atoms with E-state index in [0.29, 0.717) is 11.6 Å². The van der Waals surface area contributed by atoms with E-state index >= 15 is 0 Å². The zero-order valence-corrected chi connectivity index (χ0v) is 32.3. The molecule has 0 bridgehead atoms. The van der Waals surface area contributed by atoms with Crippen LogP contribution in [0.4, 0.5) is 0 Å². The van der Waals surface area contributed by atoms with E-state index in [2.05, 4.69) is 158 Å². The van der Waals surface area contributed by atoms with Crippen molar-refractivity contribution >= 4 is 88.3 Å². The number of hydrogen-bond donors (Lipinski definition) is 0. The third-order valence-electron chi connectivity index (χ3n) is 12.4. The topological polar surface area (TPSA) is 65.0 Å². The molecule has 13 rings (SSSR count). The highest BCUT2D eigenvalue weighted by molar-refractivity contribution is 6.19. The van der Waals surface area contributed by atoms with Crippen LogP contribution >= 0.6 is 0 Å². The van der Waals surface area contributed by atoms with Gasteiger partial charge >= 0.3 is 0 Å². The van der Waals surface area contributed by atoms with Crippen LogP contribution in [0.15, 0.2) is 179 Å². The first-order valence-electron chi connectivity index (χ1n) is 20.4. The van der Waals surface area contributed by atoms with E-state index < -0.39 is 0 Å². The summed E-state index contributed by atoms with van der Waals surface area (Å²) in [7, 11) is 0. The van der Waals surface area contributed by atoms with Crippen LogP contribution in [0.1, 0.15) is 18.2 Å². The highest BCUT2D eigenvalue weighted by atomic mass is 16.3. The SMILES string of the molecule is C1=c2ccc3ccccc3c2=CCC1c1nc(-c2ccc3c(ccc4oc5ccccc5c43)c2)nc(-c2cccc3c(-c4cccc5oc6ccccc6c45)cccc23)n1. The van der Waals surface area contributed by atoms with Gasteiger partial charge in [0.1, 0.15) is 28.2 Å². The van der Waals surface area contributed by atoms with E-state index in [0.717, 1.165) is 99.9 Å². The molecule has 1 aliphatic carbocycles. The molecule has 1 atom stereocenters. The van der Waals surface area contributed by atoms with Gasteiger partial charge in [-0.05, 0) is 90.6 Å². The van der Waals surface area contributed by atoms with Crippen molar-refractivity contribution in [3.05, 3.63) is 186 Å². The molecule has 5 nitrogen and oxygen atoms in total. The summed E-state index contributed by atoms with van der Waals surface area (Å²) in [5, 5.41) is 13.9. The molecule has 5 heteroatoms. The molecule has 3 aromatic heterocycles. The molecule has 3 heterocycles. The van der Waals surface area contributed by atoms with Gasteiger partial charge in [-0.2, -0.15) is 0 Å². The minimum Gasteiger partial charge on any atom is -0.456 e. The maximum absolute atomic E-state index is 6.31. The molecule has 0 spiro atoms. The number of hydrogen-bond acceptors (Lipinski definition) is 5. The summed E-state index contributed by atoms with van der Waals surface area (Å²) in [6, 6.07) is 59.6. The maximum atomic E-state index is 6.31. The molecule has 60 heavy (non-hydrogen) atoms. The predicted molar refractivity (Wildman–Crippen MR) is 245 cm³/mol. The third kappa shape index (κ3) is 5.02. The lowest BCUT2D eigenvalue weighted by molar-refractivity contribution is 0.668. The van der Waals surface area contributed by atoms with E-state index in [1.807, 2.05) is 24.3 Å². The molecule has 0 saturated carbocycles. The highest BCUT2D eigenvalue weighted by Gasteiger charge is 2.22. The summed E-state index contributed by atoms with van der Waals surface area (Å²) in [4.78, 5) is 16.0. The molecule has 9 aromatic carbocycles. The van der Waals surface area contributed by atoms with Crippen molar-refractivity contribution in [2.24, 2.45) is 0 Å². The lowest BCUT2D eigenvalue weighted by Crippen LogP contribution is -2.29. The van der Waals surface area contributed by atoms with Crippen molar-refractivity contribution in [1.29, 1.82) is 0 Å². The van der Waals surface area contributed by atoms with E-state index in [1.54, 1.807) is 0 Å². The van der Waals surface area contributed by atoms with Crippen LogP contribution in [-0.4, -0.2) is 15.0 Å². The average Bonchev–Trinajstić information content (AvgIpc) is 3.90. The fourth-order valence-corrected chi connectivity index (χ4v) is 9.63. The summed E-state index contributed by atoms with van der Waals surface area (Å²) >= 11 is 0. The van der Waals surface area contributed by atoms with Crippen molar-refractivity contribution in [1.82, 2.24) is 15.0 Å². The molecule has 280 valence electrons. The number of aromatic nitrogens is 3. The first-order valence-corrected chi connectivity index (χ1v) is 20.4. The number of nitrogens with zero attached hydrogens (tertiary/aromatic N) is 3. The van der Waals surface area contributed by atoms with E-state index in [4.69, 9.17) is 23.8 Å². The van der Waals surface area contributed by atoms with E-state index in [9.17, 15) is 0 Å².